The fraction of sp³-hybridized carbons (Fsp3) is 1.00. The fourth-order valence-corrected chi connectivity index (χ4v) is 1.46. The highest BCUT2D eigenvalue weighted by molar-refractivity contribution is 4.70. The molecule has 0 aliphatic carbocycles. The molecule has 0 rings (SSSR count). The minimum Gasteiger partial charge on any atom is -0.382 e. The van der Waals surface area contributed by atoms with Gasteiger partial charge in [0.15, 0.2) is 0 Å². The lowest BCUT2D eigenvalue weighted by Gasteiger charge is -2.23. The zero-order valence-corrected chi connectivity index (χ0v) is 11.8. The van der Waals surface area contributed by atoms with Crippen LogP contribution in [-0.4, -0.2) is 50.3 Å². The Balaban J connectivity index is 3.28. The number of nitrogens with zero attached hydrogens (tertiary/aromatic N) is 1. The number of hydrogen-bond donors (Lipinski definition) is 1. The van der Waals surface area contributed by atoms with Gasteiger partial charge in [0, 0.05) is 31.8 Å². The lowest BCUT2D eigenvalue weighted by atomic mass is 10.1. The van der Waals surface area contributed by atoms with Gasteiger partial charge in [-0.2, -0.15) is 0 Å². The van der Waals surface area contributed by atoms with Crippen molar-refractivity contribution < 1.29 is 4.74 Å². The lowest BCUT2D eigenvalue weighted by Crippen LogP contribution is -2.40. The van der Waals surface area contributed by atoms with Crippen LogP contribution in [0.1, 0.15) is 40.5 Å². The predicted molar refractivity (Wildman–Crippen MR) is 71.0 cm³/mol. The van der Waals surface area contributed by atoms with Crippen molar-refractivity contribution in [1.82, 2.24) is 10.2 Å². The number of unbranched alkanes of at least 4 members (excludes halogenated alkanes) is 1. The van der Waals surface area contributed by atoms with E-state index < -0.39 is 0 Å². The van der Waals surface area contributed by atoms with Gasteiger partial charge in [0.1, 0.15) is 0 Å². The van der Waals surface area contributed by atoms with E-state index in [1.54, 1.807) is 0 Å². The summed E-state index contributed by atoms with van der Waals surface area (Å²) in [6.45, 7) is 13.7. The molecular weight excluding hydrogens is 200 g/mol. The average Bonchev–Trinajstić information content (AvgIpc) is 2.15. The number of rotatable bonds is 9. The third-order valence-electron chi connectivity index (χ3n) is 2.43. The Morgan fingerprint density at radius 3 is 2.38 bits per heavy atom. The van der Waals surface area contributed by atoms with Crippen LogP contribution in [-0.2, 0) is 4.74 Å². The van der Waals surface area contributed by atoms with Crippen LogP contribution in [0.25, 0.3) is 0 Å². The quantitative estimate of drug-likeness (QED) is 0.614. The molecular formula is C13H30N2O. The van der Waals surface area contributed by atoms with E-state index in [-0.39, 0.29) is 5.54 Å². The molecule has 0 radical (unpaired) electrons. The molecule has 0 heterocycles. The first-order chi connectivity index (χ1) is 7.45. The van der Waals surface area contributed by atoms with Crippen molar-refractivity contribution in [3.8, 4) is 0 Å². The van der Waals surface area contributed by atoms with Crippen molar-refractivity contribution in [2.45, 2.75) is 46.1 Å². The maximum atomic E-state index is 5.31. The van der Waals surface area contributed by atoms with Crippen molar-refractivity contribution in [2.75, 3.05) is 39.9 Å². The highest BCUT2D eigenvalue weighted by Crippen LogP contribution is 1.98. The molecule has 0 saturated carbocycles. The molecule has 0 atom stereocenters. The highest BCUT2D eigenvalue weighted by Gasteiger charge is 2.08. The van der Waals surface area contributed by atoms with Gasteiger partial charge in [0.05, 0.1) is 0 Å². The largest absolute Gasteiger partial charge is 0.382 e. The van der Waals surface area contributed by atoms with Gasteiger partial charge in [-0.3, -0.25) is 0 Å². The van der Waals surface area contributed by atoms with Crippen LogP contribution in [0, 0.1) is 0 Å². The van der Waals surface area contributed by atoms with Crippen molar-refractivity contribution >= 4 is 0 Å². The maximum Gasteiger partial charge on any atom is 0.0466 e. The van der Waals surface area contributed by atoms with Gasteiger partial charge in [-0.25, -0.2) is 0 Å². The van der Waals surface area contributed by atoms with E-state index >= 15 is 0 Å². The molecule has 0 aromatic carbocycles. The Morgan fingerprint density at radius 1 is 1.12 bits per heavy atom. The van der Waals surface area contributed by atoms with E-state index in [1.807, 2.05) is 6.92 Å². The molecule has 16 heavy (non-hydrogen) atoms. The second-order valence-electron chi connectivity index (χ2n) is 5.38. The molecule has 0 aromatic heterocycles. The van der Waals surface area contributed by atoms with E-state index in [0.29, 0.717) is 0 Å². The Bertz CT molecular complexity index is 155. The fourth-order valence-electron chi connectivity index (χ4n) is 1.46. The summed E-state index contributed by atoms with van der Waals surface area (Å²) in [5, 5.41) is 3.50. The zero-order chi connectivity index (χ0) is 12.4. The average molecular weight is 230 g/mol. The van der Waals surface area contributed by atoms with Crippen molar-refractivity contribution in [2.24, 2.45) is 0 Å². The third-order valence-corrected chi connectivity index (χ3v) is 2.43. The molecule has 3 nitrogen and oxygen atoms in total. The predicted octanol–water partition coefficient (Wildman–Crippen LogP) is 2.12. The Labute approximate surface area is 102 Å². The Morgan fingerprint density at radius 2 is 1.81 bits per heavy atom. The second kappa shape index (κ2) is 8.97. The van der Waals surface area contributed by atoms with Crippen LogP contribution in [0.2, 0.25) is 0 Å². The first kappa shape index (κ1) is 15.9. The van der Waals surface area contributed by atoms with E-state index in [4.69, 9.17) is 4.74 Å². The number of ether oxygens (including phenoxy) is 1. The summed E-state index contributed by atoms with van der Waals surface area (Å²) in [6, 6.07) is 0. The lowest BCUT2D eigenvalue weighted by molar-refractivity contribution is 0.140. The molecule has 0 amide bonds. The summed E-state index contributed by atoms with van der Waals surface area (Å²) in [6.07, 6.45) is 2.40. The van der Waals surface area contributed by atoms with Gasteiger partial charge in [-0.15, -0.1) is 0 Å². The molecule has 98 valence electrons. The molecule has 0 bridgehead atoms. The molecule has 0 aliphatic heterocycles. The van der Waals surface area contributed by atoms with Gasteiger partial charge in [0.2, 0.25) is 0 Å². The van der Waals surface area contributed by atoms with E-state index in [0.717, 1.165) is 26.3 Å². The van der Waals surface area contributed by atoms with Gasteiger partial charge in [-0.05, 0) is 54.1 Å². The minimum atomic E-state index is 0.232. The molecule has 0 unspecified atom stereocenters. The minimum absolute atomic E-state index is 0.232. The SMILES string of the molecule is CCOCCCCN(C)CCNC(C)(C)C. The molecule has 0 saturated heterocycles. The Hall–Kier alpha value is -0.120. The van der Waals surface area contributed by atoms with Crippen molar-refractivity contribution in [1.29, 1.82) is 0 Å². The number of hydrogen-bond acceptors (Lipinski definition) is 3. The monoisotopic (exact) mass is 230 g/mol. The van der Waals surface area contributed by atoms with Gasteiger partial charge in [-0.1, -0.05) is 0 Å². The van der Waals surface area contributed by atoms with Crippen LogP contribution in [0.4, 0.5) is 0 Å². The highest BCUT2D eigenvalue weighted by atomic mass is 16.5. The summed E-state index contributed by atoms with van der Waals surface area (Å²) in [4.78, 5) is 2.38. The first-order valence-corrected chi connectivity index (χ1v) is 6.47. The first-order valence-electron chi connectivity index (χ1n) is 6.47. The summed E-state index contributed by atoms with van der Waals surface area (Å²) in [5.41, 5.74) is 0.232. The Kier molecular flexibility index (Phi) is 8.90. The van der Waals surface area contributed by atoms with E-state index in [2.05, 4.69) is 38.0 Å². The molecule has 0 aliphatic rings. The second-order valence-corrected chi connectivity index (χ2v) is 5.38. The van der Waals surface area contributed by atoms with Gasteiger partial charge in [0.25, 0.3) is 0 Å². The van der Waals surface area contributed by atoms with Gasteiger partial charge < -0.3 is 15.0 Å². The van der Waals surface area contributed by atoms with E-state index in [9.17, 15) is 0 Å². The van der Waals surface area contributed by atoms with Crippen LogP contribution < -0.4 is 5.32 Å². The van der Waals surface area contributed by atoms with Crippen LogP contribution in [0.5, 0.6) is 0 Å². The standard InChI is InChI=1S/C13H30N2O/c1-6-16-12-8-7-10-15(5)11-9-14-13(2,3)4/h14H,6-12H2,1-5H3. The maximum absolute atomic E-state index is 5.31. The zero-order valence-electron chi connectivity index (χ0n) is 11.8. The molecule has 0 aromatic rings. The summed E-state index contributed by atoms with van der Waals surface area (Å²) >= 11 is 0. The molecule has 0 fully saturated rings. The summed E-state index contributed by atoms with van der Waals surface area (Å²) in [7, 11) is 2.19. The molecule has 0 spiro atoms. The summed E-state index contributed by atoms with van der Waals surface area (Å²) < 4.78 is 5.31. The van der Waals surface area contributed by atoms with Gasteiger partial charge >= 0.3 is 0 Å². The van der Waals surface area contributed by atoms with Crippen LogP contribution in [0.3, 0.4) is 0 Å². The number of nitrogens with one attached hydrogen (secondary N) is 1. The number of likely N-dealkylation sites (N-methyl/N-ethyl adjacent to an activating group) is 1. The van der Waals surface area contributed by atoms with E-state index in [1.165, 1.54) is 19.4 Å². The van der Waals surface area contributed by atoms with Crippen molar-refractivity contribution in [3.05, 3.63) is 0 Å². The third kappa shape index (κ3) is 12.0. The smallest absolute Gasteiger partial charge is 0.0466 e. The van der Waals surface area contributed by atoms with Crippen LogP contribution in [0.15, 0.2) is 0 Å². The van der Waals surface area contributed by atoms with Crippen LogP contribution >= 0.6 is 0 Å². The normalized spacial score (nSPS) is 12.4. The van der Waals surface area contributed by atoms with Crippen molar-refractivity contribution in [3.63, 3.8) is 0 Å². The molecule has 3 heteroatoms. The molecule has 1 N–H and O–H groups in total. The summed E-state index contributed by atoms with van der Waals surface area (Å²) in [5.74, 6) is 0. The topological polar surface area (TPSA) is 24.5 Å².